The van der Waals surface area contributed by atoms with E-state index in [1.807, 2.05) is 7.05 Å². The quantitative estimate of drug-likeness (QED) is 0.760. The molecule has 1 aromatic rings. The average molecular weight is 267 g/mol. The van der Waals surface area contributed by atoms with E-state index in [-0.39, 0.29) is 0 Å². The normalized spacial score (nSPS) is 16.1. The van der Waals surface area contributed by atoms with Gasteiger partial charge in [-0.1, -0.05) is 25.1 Å². The molecule has 0 atom stereocenters. The Morgan fingerprint density at radius 1 is 1.44 bits per heavy atom. The van der Waals surface area contributed by atoms with E-state index < -0.39 is 0 Å². The van der Waals surface area contributed by atoms with E-state index in [1.165, 1.54) is 25.7 Å². The number of hydrogen-bond donors (Lipinski definition) is 0. The van der Waals surface area contributed by atoms with Crippen LogP contribution in [-0.2, 0) is 13.5 Å². The van der Waals surface area contributed by atoms with E-state index in [9.17, 15) is 0 Å². The van der Waals surface area contributed by atoms with E-state index in [1.54, 1.807) is 4.68 Å². The molecule has 0 amide bonds. The zero-order valence-electron chi connectivity index (χ0n) is 11.2. The highest BCUT2D eigenvalue weighted by Crippen LogP contribution is 2.23. The first-order valence-electron chi connectivity index (χ1n) is 6.65. The molecule has 0 aliphatic heterocycles. The van der Waals surface area contributed by atoms with Crippen molar-refractivity contribution < 1.29 is 0 Å². The molecule has 1 aliphatic rings. The number of hydrogen-bond acceptors (Lipinski definition) is 4. The molecule has 0 aromatic carbocycles. The molecule has 5 nitrogen and oxygen atoms in total. The third-order valence-corrected chi connectivity index (χ3v) is 4.26. The minimum atomic E-state index is 0.675. The topological polar surface area (TPSA) is 46.8 Å². The maximum Gasteiger partial charge on any atom is 0.150 e. The van der Waals surface area contributed by atoms with Crippen molar-refractivity contribution in [2.24, 2.45) is 7.05 Å². The summed E-state index contributed by atoms with van der Waals surface area (Å²) in [4.78, 5) is 3.38. The Hall–Kier alpha value is -1.04. The lowest BCUT2D eigenvalue weighted by Gasteiger charge is -2.26. The van der Waals surface area contributed by atoms with Crippen molar-refractivity contribution in [2.45, 2.75) is 51.0 Å². The summed E-state index contributed by atoms with van der Waals surface area (Å²) in [7, 11) is 4.01. The van der Waals surface area contributed by atoms with Crippen molar-refractivity contribution in [1.82, 2.24) is 25.1 Å². The maximum atomic E-state index is 5.51. The van der Waals surface area contributed by atoms with Gasteiger partial charge in [0.1, 0.15) is 0 Å². The summed E-state index contributed by atoms with van der Waals surface area (Å²) in [6.07, 6.45) is 8.15. The maximum absolute atomic E-state index is 5.51. The monoisotopic (exact) mass is 267 g/mol. The van der Waals surface area contributed by atoms with Crippen LogP contribution in [0.5, 0.6) is 0 Å². The standard InChI is InChI=1S/C12H21N5S/c1-16(10-6-3-4-7-10)12(18)9-5-8-11-13-14-15-17(11)2/h10H,3-9H2,1-2H3. The molecule has 1 aromatic heterocycles. The second-order valence-electron chi connectivity index (χ2n) is 5.02. The molecule has 0 saturated heterocycles. The number of rotatable bonds is 5. The minimum Gasteiger partial charge on any atom is -0.366 e. The molecule has 1 fully saturated rings. The van der Waals surface area contributed by atoms with Crippen LogP contribution in [0.3, 0.4) is 0 Å². The molecule has 1 heterocycles. The van der Waals surface area contributed by atoms with Crippen LogP contribution in [0.15, 0.2) is 0 Å². The number of tetrazole rings is 1. The summed E-state index contributed by atoms with van der Waals surface area (Å²) in [5, 5.41) is 11.4. The van der Waals surface area contributed by atoms with Crippen LogP contribution in [0.1, 0.15) is 44.3 Å². The molecule has 100 valence electrons. The molecule has 0 bridgehead atoms. The Kier molecular flexibility index (Phi) is 4.63. The van der Waals surface area contributed by atoms with Crippen molar-refractivity contribution in [2.75, 3.05) is 7.05 Å². The zero-order valence-corrected chi connectivity index (χ0v) is 12.0. The van der Waals surface area contributed by atoms with Gasteiger partial charge < -0.3 is 4.90 Å². The van der Waals surface area contributed by atoms with Gasteiger partial charge in [0.2, 0.25) is 0 Å². The highest BCUT2D eigenvalue weighted by molar-refractivity contribution is 7.80. The summed E-state index contributed by atoms with van der Waals surface area (Å²) in [6.45, 7) is 0. The third kappa shape index (κ3) is 3.25. The third-order valence-electron chi connectivity index (χ3n) is 3.76. The van der Waals surface area contributed by atoms with Crippen LogP contribution in [0, 0.1) is 0 Å². The number of nitrogens with zero attached hydrogens (tertiary/aromatic N) is 5. The van der Waals surface area contributed by atoms with E-state index in [0.29, 0.717) is 6.04 Å². The number of aryl methyl sites for hydroxylation is 2. The van der Waals surface area contributed by atoms with Crippen LogP contribution < -0.4 is 0 Å². The Bertz CT molecular complexity index is 397. The molecule has 18 heavy (non-hydrogen) atoms. The minimum absolute atomic E-state index is 0.675. The molecule has 0 radical (unpaired) electrons. The predicted molar refractivity (Wildman–Crippen MR) is 74.4 cm³/mol. The van der Waals surface area contributed by atoms with Crippen molar-refractivity contribution in [1.29, 1.82) is 0 Å². The fourth-order valence-corrected chi connectivity index (χ4v) is 2.82. The molecule has 6 heteroatoms. The molecule has 0 spiro atoms. The van der Waals surface area contributed by atoms with Gasteiger partial charge in [-0.15, -0.1) is 5.10 Å². The first-order valence-corrected chi connectivity index (χ1v) is 7.06. The van der Waals surface area contributed by atoms with Crippen LogP contribution >= 0.6 is 12.2 Å². The summed E-state index contributed by atoms with van der Waals surface area (Å²) >= 11 is 5.51. The molecule has 1 saturated carbocycles. The van der Waals surface area contributed by atoms with Gasteiger partial charge in [-0.3, -0.25) is 0 Å². The van der Waals surface area contributed by atoms with E-state index in [2.05, 4.69) is 27.5 Å². The largest absolute Gasteiger partial charge is 0.366 e. The van der Waals surface area contributed by atoms with Crippen molar-refractivity contribution >= 4 is 17.2 Å². The zero-order chi connectivity index (χ0) is 13.0. The second kappa shape index (κ2) is 6.22. The Morgan fingerprint density at radius 3 is 2.78 bits per heavy atom. The molecular formula is C12H21N5S. The molecule has 1 aliphatic carbocycles. The first kappa shape index (κ1) is 13.4. The van der Waals surface area contributed by atoms with Gasteiger partial charge in [-0.25, -0.2) is 4.68 Å². The fraction of sp³-hybridized carbons (Fsp3) is 0.833. The second-order valence-corrected chi connectivity index (χ2v) is 5.49. The van der Waals surface area contributed by atoms with Gasteiger partial charge in [-0.2, -0.15) is 0 Å². The van der Waals surface area contributed by atoms with Crippen LogP contribution in [-0.4, -0.2) is 43.2 Å². The Balaban J connectivity index is 1.73. The Labute approximate surface area is 114 Å². The van der Waals surface area contributed by atoms with E-state index in [0.717, 1.165) is 30.1 Å². The summed E-state index contributed by atoms with van der Waals surface area (Å²) < 4.78 is 1.73. The SMILES string of the molecule is CN(C(=S)CCCc1nnnn1C)C1CCCC1. The van der Waals surface area contributed by atoms with Crippen molar-refractivity contribution in [3.05, 3.63) is 5.82 Å². The predicted octanol–water partition coefficient (Wildman–Crippen LogP) is 1.73. The van der Waals surface area contributed by atoms with Crippen molar-refractivity contribution in [3.8, 4) is 0 Å². The smallest absolute Gasteiger partial charge is 0.150 e. The van der Waals surface area contributed by atoms with Gasteiger partial charge in [-0.05, 0) is 36.1 Å². The van der Waals surface area contributed by atoms with Gasteiger partial charge in [0.25, 0.3) is 0 Å². The van der Waals surface area contributed by atoms with Crippen LogP contribution in [0.4, 0.5) is 0 Å². The van der Waals surface area contributed by atoms with Gasteiger partial charge in [0, 0.05) is 26.6 Å². The Morgan fingerprint density at radius 2 is 2.17 bits per heavy atom. The fourth-order valence-electron chi connectivity index (χ4n) is 2.53. The van der Waals surface area contributed by atoms with Gasteiger partial charge in [0.05, 0.1) is 4.99 Å². The molecular weight excluding hydrogens is 246 g/mol. The lowest BCUT2D eigenvalue weighted by atomic mass is 10.2. The number of thiocarbonyl (C=S) groups is 1. The van der Waals surface area contributed by atoms with Crippen LogP contribution in [0.25, 0.3) is 0 Å². The average Bonchev–Trinajstić information content (AvgIpc) is 3.00. The number of aromatic nitrogens is 4. The van der Waals surface area contributed by atoms with Gasteiger partial charge >= 0.3 is 0 Å². The summed E-state index contributed by atoms with van der Waals surface area (Å²) in [6, 6.07) is 0.675. The highest BCUT2D eigenvalue weighted by Gasteiger charge is 2.20. The lowest BCUT2D eigenvalue weighted by molar-refractivity contribution is 0.370. The first-order chi connectivity index (χ1) is 8.68. The van der Waals surface area contributed by atoms with Crippen LogP contribution in [0.2, 0.25) is 0 Å². The van der Waals surface area contributed by atoms with E-state index >= 15 is 0 Å². The summed E-state index contributed by atoms with van der Waals surface area (Å²) in [5.41, 5.74) is 0. The molecule has 2 rings (SSSR count). The highest BCUT2D eigenvalue weighted by atomic mass is 32.1. The van der Waals surface area contributed by atoms with Crippen molar-refractivity contribution in [3.63, 3.8) is 0 Å². The summed E-state index contributed by atoms with van der Waals surface area (Å²) in [5.74, 6) is 0.932. The molecule has 0 N–H and O–H groups in total. The lowest BCUT2D eigenvalue weighted by Crippen LogP contribution is -2.33. The molecule has 0 unspecified atom stereocenters. The van der Waals surface area contributed by atoms with E-state index in [4.69, 9.17) is 12.2 Å². The van der Waals surface area contributed by atoms with Gasteiger partial charge in [0.15, 0.2) is 5.82 Å².